The Labute approximate surface area is 146 Å². The van der Waals surface area contributed by atoms with Gasteiger partial charge in [-0.05, 0) is 36.6 Å². The molecular formula is C16H22ClFN4O2. The second kappa shape index (κ2) is 6.94. The third-order valence-electron chi connectivity index (χ3n) is 4.69. The van der Waals surface area contributed by atoms with E-state index in [0.29, 0.717) is 38.4 Å². The van der Waals surface area contributed by atoms with E-state index in [1.54, 1.807) is 4.90 Å². The largest absolute Gasteiger partial charge is 0.338 e. The fourth-order valence-corrected chi connectivity index (χ4v) is 3.10. The van der Waals surface area contributed by atoms with Crippen LogP contribution in [-0.2, 0) is 0 Å². The molecular weight excluding hydrogens is 335 g/mol. The molecule has 0 aromatic heterocycles. The minimum absolute atomic E-state index is 0. The molecule has 1 atom stereocenters. The van der Waals surface area contributed by atoms with E-state index in [4.69, 9.17) is 5.73 Å². The van der Waals surface area contributed by atoms with E-state index in [-0.39, 0.29) is 35.3 Å². The van der Waals surface area contributed by atoms with Crippen LogP contribution >= 0.6 is 12.4 Å². The molecule has 8 heteroatoms. The van der Waals surface area contributed by atoms with Crippen molar-refractivity contribution in [2.75, 3.05) is 37.6 Å². The minimum Gasteiger partial charge on any atom is -0.338 e. The van der Waals surface area contributed by atoms with E-state index in [2.05, 4.69) is 5.32 Å². The third-order valence-corrected chi connectivity index (χ3v) is 4.69. The molecule has 2 aliphatic heterocycles. The van der Waals surface area contributed by atoms with Crippen LogP contribution in [-0.4, -0.2) is 49.6 Å². The Bertz CT molecular complexity index is 657. The SMILES string of the molecule is CC1(CN)CCN(C(=O)c2cc(N3CCNC3=O)ccc2F)C1.Cl. The number of nitrogens with one attached hydrogen (secondary N) is 1. The second-order valence-electron chi connectivity index (χ2n) is 6.54. The fraction of sp³-hybridized carbons (Fsp3) is 0.500. The van der Waals surface area contributed by atoms with Gasteiger partial charge in [-0.3, -0.25) is 9.69 Å². The molecule has 2 fully saturated rings. The molecule has 2 aliphatic rings. The summed E-state index contributed by atoms with van der Waals surface area (Å²) in [6, 6.07) is 3.99. The van der Waals surface area contributed by atoms with Gasteiger partial charge in [-0.25, -0.2) is 9.18 Å². The molecule has 0 radical (unpaired) electrons. The predicted octanol–water partition coefficient (Wildman–Crippen LogP) is 1.59. The zero-order valence-electron chi connectivity index (χ0n) is 13.5. The monoisotopic (exact) mass is 356 g/mol. The Hall–Kier alpha value is -1.86. The van der Waals surface area contributed by atoms with Crippen molar-refractivity contribution in [1.82, 2.24) is 10.2 Å². The second-order valence-corrected chi connectivity index (χ2v) is 6.54. The molecule has 0 aliphatic carbocycles. The van der Waals surface area contributed by atoms with Gasteiger partial charge in [0.1, 0.15) is 5.82 Å². The first-order valence-corrected chi connectivity index (χ1v) is 7.78. The van der Waals surface area contributed by atoms with Crippen molar-refractivity contribution in [3.63, 3.8) is 0 Å². The van der Waals surface area contributed by atoms with Gasteiger partial charge < -0.3 is 16.0 Å². The maximum atomic E-state index is 14.1. The van der Waals surface area contributed by atoms with Gasteiger partial charge in [0.15, 0.2) is 0 Å². The number of hydrogen-bond donors (Lipinski definition) is 2. The molecule has 6 nitrogen and oxygen atoms in total. The van der Waals surface area contributed by atoms with Crippen molar-refractivity contribution in [2.24, 2.45) is 11.1 Å². The summed E-state index contributed by atoms with van der Waals surface area (Å²) in [7, 11) is 0. The number of rotatable bonds is 3. The van der Waals surface area contributed by atoms with Crippen LogP contribution in [0.4, 0.5) is 14.9 Å². The molecule has 3 N–H and O–H groups in total. The average Bonchev–Trinajstić information content (AvgIpc) is 3.14. The number of likely N-dealkylation sites (tertiary alicyclic amines) is 1. The lowest BCUT2D eigenvalue weighted by atomic mass is 9.90. The van der Waals surface area contributed by atoms with Crippen LogP contribution in [0.5, 0.6) is 0 Å². The van der Waals surface area contributed by atoms with Gasteiger partial charge in [-0.15, -0.1) is 12.4 Å². The smallest absolute Gasteiger partial charge is 0.321 e. The van der Waals surface area contributed by atoms with Crippen LogP contribution < -0.4 is 16.0 Å². The summed E-state index contributed by atoms with van der Waals surface area (Å²) in [5.41, 5.74) is 6.18. The van der Waals surface area contributed by atoms with Crippen LogP contribution in [0.3, 0.4) is 0 Å². The Kier molecular flexibility index (Phi) is 5.35. The van der Waals surface area contributed by atoms with Crippen molar-refractivity contribution < 1.29 is 14.0 Å². The van der Waals surface area contributed by atoms with Crippen LogP contribution in [0.2, 0.25) is 0 Å². The Balaban J connectivity index is 0.00000208. The van der Waals surface area contributed by atoms with Crippen LogP contribution in [0.25, 0.3) is 0 Å². The number of nitrogens with two attached hydrogens (primary N) is 1. The predicted molar refractivity (Wildman–Crippen MR) is 92.1 cm³/mol. The molecule has 2 heterocycles. The first-order valence-electron chi connectivity index (χ1n) is 7.78. The van der Waals surface area contributed by atoms with Gasteiger partial charge >= 0.3 is 6.03 Å². The number of benzene rings is 1. The van der Waals surface area contributed by atoms with Crippen LogP contribution in [0.1, 0.15) is 23.7 Å². The highest BCUT2D eigenvalue weighted by atomic mass is 35.5. The Morgan fingerprint density at radius 1 is 1.42 bits per heavy atom. The first-order chi connectivity index (χ1) is 10.9. The van der Waals surface area contributed by atoms with Gasteiger partial charge in [0.25, 0.3) is 5.91 Å². The van der Waals surface area contributed by atoms with E-state index in [9.17, 15) is 14.0 Å². The van der Waals surface area contributed by atoms with E-state index < -0.39 is 5.82 Å². The van der Waals surface area contributed by atoms with E-state index in [1.807, 2.05) is 6.92 Å². The normalized spacial score (nSPS) is 23.2. The van der Waals surface area contributed by atoms with Crippen molar-refractivity contribution in [2.45, 2.75) is 13.3 Å². The summed E-state index contributed by atoms with van der Waals surface area (Å²) < 4.78 is 14.1. The summed E-state index contributed by atoms with van der Waals surface area (Å²) in [5, 5.41) is 2.69. The lowest BCUT2D eigenvalue weighted by molar-refractivity contribution is 0.0772. The number of anilines is 1. The molecule has 1 unspecified atom stereocenters. The number of carbonyl (C=O) groups is 2. The maximum Gasteiger partial charge on any atom is 0.321 e. The highest BCUT2D eigenvalue weighted by molar-refractivity contribution is 5.98. The maximum absolute atomic E-state index is 14.1. The van der Waals surface area contributed by atoms with E-state index in [0.717, 1.165) is 6.42 Å². The first kappa shape index (κ1) is 18.5. The molecule has 1 aromatic rings. The van der Waals surface area contributed by atoms with Gasteiger partial charge in [-0.2, -0.15) is 0 Å². The van der Waals surface area contributed by atoms with Crippen LogP contribution in [0, 0.1) is 11.2 Å². The van der Waals surface area contributed by atoms with Crippen molar-refractivity contribution in [1.29, 1.82) is 0 Å². The number of carbonyl (C=O) groups excluding carboxylic acids is 2. The highest BCUT2D eigenvalue weighted by Crippen LogP contribution is 2.30. The number of hydrogen-bond acceptors (Lipinski definition) is 3. The lowest BCUT2D eigenvalue weighted by Gasteiger charge is -2.23. The van der Waals surface area contributed by atoms with E-state index >= 15 is 0 Å². The van der Waals surface area contributed by atoms with Gasteiger partial charge in [0.05, 0.1) is 5.56 Å². The minimum atomic E-state index is -0.570. The fourth-order valence-electron chi connectivity index (χ4n) is 3.10. The van der Waals surface area contributed by atoms with Gasteiger partial charge in [-0.1, -0.05) is 6.92 Å². The van der Waals surface area contributed by atoms with E-state index in [1.165, 1.54) is 23.1 Å². The third kappa shape index (κ3) is 3.32. The number of urea groups is 1. The molecule has 3 amide bonds. The van der Waals surface area contributed by atoms with Crippen molar-refractivity contribution in [3.05, 3.63) is 29.6 Å². The molecule has 3 rings (SSSR count). The quantitative estimate of drug-likeness (QED) is 0.863. The van der Waals surface area contributed by atoms with Gasteiger partial charge in [0, 0.05) is 31.9 Å². The number of amides is 3. The zero-order valence-corrected chi connectivity index (χ0v) is 14.4. The molecule has 132 valence electrons. The molecule has 0 spiro atoms. The standard InChI is InChI=1S/C16H21FN4O2.ClH/c1-16(9-18)4-6-20(10-16)14(22)12-8-11(2-3-13(12)17)21-7-5-19-15(21)23;/h2-3,8H,4-7,9-10,18H2,1H3,(H,19,23);1H. The average molecular weight is 357 g/mol. The molecule has 1 aromatic carbocycles. The summed E-state index contributed by atoms with van der Waals surface area (Å²) in [6.45, 7) is 4.67. The number of halogens is 2. The summed E-state index contributed by atoms with van der Waals surface area (Å²) in [6.07, 6.45) is 0.811. The summed E-state index contributed by atoms with van der Waals surface area (Å²) in [4.78, 5) is 27.5. The van der Waals surface area contributed by atoms with Crippen LogP contribution in [0.15, 0.2) is 18.2 Å². The lowest BCUT2D eigenvalue weighted by Crippen LogP contribution is -2.35. The Morgan fingerprint density at radius 2 is 2.17 bits per heavy atom. The number of nitrogens with zero attached hydrogens (tertiary/aromatic N) is 2. The molecule has 0 bridgehead atoms. The van der Waals surface area contributed by atoms with Crippen molar-refractivity contribution >= 4 is 30.0 Å². The molecule has 24 heavy (non-hydrogen) atoms. The highest BCUT2D eigenvalue weighted by Gasteiger charge is 2.36. The summed E-state index contributed by atoms with van der Waals surface area (Å²) >= 11 is 0. The Morgan fingerprint density at radius 3 is 2.75 bits per heavy atom. The summed E-state index contributed by atoms with van der Waals surface area (Å²) in [5.74, 6) is -0.916. The molecule has 0 saturated carbocycles. The zero-order chi connectivity index (χ0) is 16.6. The van der Waals surface area contributed by atoms with Crippen molar-refractivity contribution in [3.8, 4) is 0 Å². The topological polar surface area (TPSA) is 78.7 Å². The molecule has 2 saturated heterocycles. The van der Waals surface area contributed by atoms with Gasteiger partial charge in [0.2, 0.25) is 0 Å².